The third-order valence-electron chi connectivity index (χ3n) is 16.1. The van der Waals surface area contributed by atoms with Crippen molar-refractivity contribution in [1.82, 2.24) is 18.7 Å². The number of nitrogens with zero attached hydrogens (tertiary/aromatic N) is 6. The van der Waals surface area contributed by atoms with Crippen molar-refractivity contribution in [3.63, 3.8) is 0 Å². The van der Waals surface area contributed by atoms with E-state index in [0.29, 0.717) is 0 Å². The Morgan fingerprint density at radius 1 is 0.269 bits per heavy atom. The Morgan fingerprint density at radius 2 is 0.628 bits per heavy atom. The zero-order valence-electron chi connectivity index (χ0n) is 42.0. The molecule has 78 heavy (non-hydrogen) atoms. The minimum atomic E-state index is 0.760. The van der Waals surface area contributed by atoms with Gasteiger partial charge in [0.05, 0.1) is 55.8 Å². The third-order valence-corrected chi connectivity index (χ3v) is 16.1. The first-order valence-corrected chi connectivity index (χ1v) is 26.6. The number of para-hydroxylation sites is 12. The summed E-state index contributed by atoms with van der Waals surface area (Å²) in [5.74, 6) is 1.54. The van der Waals surface area contributed by atoms with E-state index in [1.807, 2.05) is 0 Å². The van der Waals surface area contributed by atoms with Crippen LogP contribution in [-0.4, -0.2) is 18.7 Å². The Balaban J connectivity index is 1.18. The maximum atomic E-state index is 6.92. The predicted octanol–water partition coefficient (Wildman–Crippen LogP) is 19.2. The maximum Gasteiger partial charge on any atom is 0.165 e. The lowest BCUT2D eigenvalue weighted by Crippen LogP contribution is -2.26. The van der Waals surface area contributed by atoms with Crippen molar-refractivity contribution in [2.45, 2.75) is 0 Å². The van der Waals surface area contributed by atoms with E-state index in [0.717, 1.165) is 150 Å². The highest BCUT2D eigenvalue weighted by molar-refractivity contribution is 6.19. The van der Waals surface area contributed by atoms with E-state index in [4.69, 9.17) is 9.40 Å². The second-order valence-corrected chi connectivity index (χ2v) is 20.2. The van der Waals surface area contributed by atoms with Gasteiger partial charge in [-0.05, 0) is 90.5 Å². The first-order valence-electron chi connectivity index (χ1n) is 26.6. The summed E-state index contributed by atoms with van der Waals surface area (Å²) >= 11 is 0. The predicted molar refractivity (Wildman–Crippen MR) is 323 cm³/mol. The zero-order chi connectivity index (χ0) is 51.0. The van der Waals surface area contributed by atoms with Crippen molar-refractivity contribution in [3.8, 4) is 28.3 Å². The molecule has 0 bridgehead atoms. The molecule has 7 nitrogen and oxygen atoms in total. The van der Waals surface area contributed by atoms with Crippen LogP contribution in [0.5, 0.6) is 0 Å². The fraction of sp³-hybridized carbons (Fsp3) is 0. The van der Waals surface area contributed by atoms with Gasteiger partial charge in [0.1, 0.15) is 22.5 Å². The van der Waals surface area contributed by atoms with Gasteiger partial charge in [-0.2, -0.15) is 0 Å². The van der Waals surface area contributed by atoms with Crippen LogP contribution in [0.4, 0.5) is 34.3 Å². The van der Waals surface area contributed by atoms with Crippen molar-refractivity contribution < 1.29 is 4.42 Å². The molecule has 364 valence electrons. The second kappa shape index (κ2) is 16.4. The van der Waals surface area contributed by atoms with Crippen LogP contribution in [-0.2, 0) is 0 Å². The van der Waals surface area contributed by atoms with Gasteiger partial charge < -0.3 is 18.5 Å². The molecular weight excluding hydrogens is 953 g/mol. The number of fused-ring (bicyclic) bond motifs is 14. The molecule has 11 aromatic carbocycles. The summed E-state index contributed by atoms with van der Waals surface area (Å²) in [5, 5.41) is 8.96. The number of anilines is 6. The van der Waals surface area contributed by atoms with E-state index >= 15 is 0 Å². The molecule has 0 saturated heterocycles. The van der Waals surface area contributed by atoms with E-state index in [1.54, 1.807) is 0 Å². The average molecular weight is 997 g/mol. The highest BCUT2D eigenvalue weighted by Gasteiger charge is 2.38. The molecule has 0 aliphatic carbocycles. The first-order chi connectivity index (χ1) is 38.8. The van der Waals surface area contributed by atoms with Gasteiger partial charge in [0.25, 0.3) is 0 Å². The highest BCUT2D eigenvalue weighted by Crippen LogP contribution is 2.58. The molecule has 0 spiro atoms. The first kappa shape index (κ1) is 42.7. The zero-order valence-corrected chi connectivity index (χ0v) is 42.0. The Bertz CT molecular complexity index is 4930. The van der Waals surface area contributed by atoms with E-state index in [2.05, 4.69) is 290 Å². The van der Waals surface area contributed by atoms with Crippen LogP contribution >= 0.6 is 0 Å². The van der Waals surface area contributed by atoms with Crippen molar-refractivity contribution in [2.75, 3.05) is 9.80 Å². The van der Waals surface area contributed by atoms with Crippen LogP contribution in [0.3, 0.4) is 0 Å². The summed E-state index contributed by atoms with van der Waals surface area (Å²) in [6.07, 6.45) is 0. The van der Waals surface area contributed by atoms with E-state index in [-0.39, 0.29) is 0 Å². The number of hydrogen-bond acceptors (Lipinski definition) is 4. The van der Waals surface area contributed by atoms with Gasteiger partial charge in [-0.1, -0.05) is 182 Å². The van der Waals surface area contributed by atoms with Gasteiger partial charge in [-0.3, -0.25) is 9.47 Å². The molecule has 16 aromatic rings. The number of benzene rings is 11. The molecule has 5 aromatic heterocycles. The van der Waals surface area contributed by atoms with Gasteiger partial charge in [-0.15, -0.1) is 0 Å². The second-order valence-electron chi connectivity index (χ2n) is 20.2. The number of furan rings is 1. The number of hydrogen-bond donors (Lipinski definition) is 0. The van der Waals surface area contributed by atoms with Crippen LogP contribution in [0, 0.1) is 0 Å². The lowest BCUT2D eigenvalue weighted by Gasteiger charge is -2.41. The van der Waals surface area contributed by atoms with Gasteiger partial charge in [0.2, 0.25) is 0 Å². The van der Waals surface area contributed by atoms with Crippen LogP contribution < -0.4 is 9.80 Å². The van der Waals surface area contributed by atoms with Crippen molar-refractivity contribution in [3.05, 3.63) is 267 Å². The van der Waals surface area contributed by atoms with Crippen LogP contribution in [0.2, 0.25) is 0 Å². The normalized spacial score (nSPS) is 12.6. The monoisotopic (exact) mass is 996 g/mol. The largest absolute Gasteiger partial charge is 0.456 e. The van der Waals surface area contributed by atoms with E-state index in [9.17, 15) is 0 Å². The minimum absolute atomic E-state index is 0.760. The summed E-state index contributed by atoms with van der Waals surface area (Å²) in [5.41, 5.74) is 17.0. The average Bonchev–Trinajstić information content (AvgIpc) is 4.28. The maximum absolute atomic E-state index is 6.92. The lowest BCUT2D eigenvalue weighted by molar-refractivity contribution is 0.669. The molecule has 0 radical (unpaired) electrons. The number of pyridine rings is 1. The van der Waals surface area contributed by atoms with Crippen LogP contribution in [0.15, 0.2) is 271 Å². The standard InChI is InChI=1S/C71H44N6O/c1-2-23-45(24-3-1)73-60-39-17-19-41-62(60)77(63-42-20-18-40-61(63)73)71-69(75-56-35-13-6-27-48(56)49-28-7-14-36-57(49)75)67(53-32-22-44-65-66(53)52-31-10-21-43-64(52)78-65)68(74-54-33-11-4-25-46(54)47-26-5-12-34-55(47)74)70(72-71)76-58-37-15-8-29-50(58)51-30-9-16-38-59(51)76/h1-44H. The van der Waals surface area contributed by atoms with E-state index < -0.39 is 0 Å². The lowest BCUT2D eigenvalue weighted by atomic mass is 9.95. The molecule has 0 amide bonds. The summed E-state index contributed by atoms with van der Waals surface area (Å²) < 4.78 is 14.4. The third kappa shape index (κ3) is 5.89. The van der Waals surface area contributed by atoms with Crippen molar-refractivity contribution in [1.29, 1.82) is 0 Å². The molecule has 6 heterocycles. The molecule has 0 N–H and O–H groups in total. The molecule has 7 heteroatoms. The molecule has 1 aliphatic heterocycles. The Kier molecular flexibility index (Phi) is 9.00. The fourth-order valence-corrected chi connectivity index (χ4v) is 13.0. The van der Waals surface area contributed by atoms with Gasteiger partial charge in [0, 0.05) is 54.3 Å². The van der Waals surface area contributed by atoms with Crippen molar-refractivity contribution in [2.24, 2.45) is 0 Å². The number of rotatable bonds is 6. The highest BCUT2D eigenvalue weighted by atomic mass is 16.3. The molecule has 0 unspecified atom stereocenters. The van der Waals surface area contributed by atoms with Crippen molar-refractivity contribution >= 4 is 122 Å². The van der Waals surface area contributed by atoms with E-state index in [1.165, 1.54) is 0 Å². The molecule has 17 rings (SSSR count). The Labute approximate surface area is 447 Å². The molecular formula is C71H44N6O. The molecule has 0 atom stereocenters. The number of aromatic nitrogens is 4. The topological polar surface area (TPSA) is 47.3 Å². The quantitative estimate of drug-likeness (QED) is 0.167. The van der Waals surface area contributed by atoms with Crippen LogP contribution in [0.25, 0.3) is 116 Å². The van der Waals surface area contributed by atoms with Gasteiger partial charge in [-0.25, -0.2) is 4.98 Å². The molecule has 1 aliphatic rings. The fourth-order valence-electron chi connectivity index (χ4n) is 13.0. The summed E-state index contributed by atoms with van der Waals surface area (Å²) in [6.45, 7) is 0. The minimum Gasteiger partial charge on any atom is -0.456 e. The Morgan fingerprint density at radius 3 is 1.10 bits per heavy atom. The van der Waals surface area contributed by atoms with Gasteiger partial charge >= 0.3 is 0 Å². The summed E-state index contributed by atoms with van der Waals surface area (Å²) in [4.78, 5) is 11.3. The molecule has 0 fully saturated rings. The van der Waals surface area contributed by atoms with Gasteiger partial charge in [0.15, 0.2) is 11.6 Å². The Hall–Kier alpha value is -10.6. The summed E-state index contributed by atoms with van der Waals surface area (Å²) in [7, 11) is 0. The summed E-state index contributed by atoms with van der Waals surface area (Å²) in [6, 6.07) is 96.3. The molecule has 0 saturated carbocycles. The SMILES string of the molecule is c1ccc(N2c3ccccc3N(c3nc(-n4c5ccccc5c5ccccc54)c(-n4c5ccccc5c5ccccc54)c(-c4cccc5oc6ccccc6c45)c3-n3c4ccccc4c4ccccc43)c3ccccc32)cc1. The van der Waals surface area contributed by atoms with Crippen LogP contribution in [0.1, 0.15) is 0 Å². The smallest absolute Gasteiger partial charge is 0.165 e.